The summed E-state index contributed by atoms with van der Waals surface area (Å²) in [5.41, 5.74) is 6.48. The molecular formula is C8H5F4N3W. The summed E-state index contributed by atoms with van der Waals surface area (Å²) in [5.74, 6) is -7.00. The van der Waals surface area contributed by atoms with Crippen LogP contribution in [-0.4, -0.2) is 0 Å². The van der Waals surface area contributed by atoms with Crippen LogP contribution in [0.5, 0.6) is 0 Å². The van der Waals surface area contributed by atoms with Crippen LogP contribution in [0.25, 0.3) is 10.4 Å². The van der Waals surface area contributed by atoms with E-state index in [9.17, 15) is 17.6 Å². The topological polar surface area (TPSA) is 48.8 Å². The van der Waals surface area contributed by atoms with E-state index in [1.807, 2.05) is 4.91 Å². The van der Waals surface area contributed by atoms with Crippen molar-refractivity contribution in [1.82, 2.24) is 0 Å². The fourth-order valence-electron chi connectivity index (χ4n) is 0.643. The van der Waals surface area contributed by atoms with Crippen molar-refractivity contribution in [3.8, 4) is 0 Å². The maximum atomic E-state index is 12.6. The van der Waals surface area contributed by atoms with Crippen molar-refractivity contribution in [2.45, 2.75) is 6.92 Å². The second kappa shape index (κ2) is 8.13. The van der Waals surface area contributed by atoms with Crippen LogP contribution >= 0.6 is 0 Å². The number of rotatable bonds is 1. The molecule has 0 spiro atoms. The molecule has 0 N–H and O–H groups in total. The van der Waals surface area contributed by atoms with E-state index >= 15 is 0 Å². The SMILES string of the molecule is [CH2-]C.[N-]=[N+]=Nc1c(F)c(F)[c-]c(F)c1F.[W+2]. The fourth-order valence-corrected chi connectivity index (χ4v) is 0.643. The molecular weight excluding hydrogens is 398 g/mol. The van der Waals surface area contributed by atoms with Crippen LogP contribution in [-0.2, 0) is 21.1 Å². The van der Waals surface area contributed by atoms with Gasteiger partial charge in [-0.15, -0.1) is 6.07 Å². The molecule has 1 rings (SSSR count). The Morgan fingerprint density at radius 3 is 1.81 bits per heavy atom. The summed E-state index contributed by atoms with van der Waals surface area (Å²) in [5, 5.41) is 2.46. The van der Waals surface area contributed by atoms with E-state index in [1.54, 1.807) is 6.92 Å². The second-order valence-electron chi connectivity index (χ2n) is 1.92. The Morgan fingerprint density at radius 2 is 1.50 bits per heavy atom. The summed E-state index contributed by atoms with van der Waals surface area (Å²) < 4.78 is 49.7. The zero-order chi connectivity index (χ0) is 12.0. The zero-order valence-electron chi connectivity index (χ0n) is 7.97. The third kappa shape index (κ3) is 3.83. The predicted molar refractivity (Wildman–Crippen MR) is 44.9 cm³/mol. The largest absolute Gasteiger partial charge is 2.00 e. The first-order valence-electron chi connectivity index (χ1n) is 3.59. The molecule has 8 heteroatoms. The minimum absolute atomic E-state index is 0. The quantitative estimate of drug-likeness (QED) is 0.171. The molecule has 0 saturated carbocycles. The van der Waals surface area contributed by atoms with Crippen LogP contribution in [0.3, 0.4) is 0 Å². The molecule has 0 aliphatic rings. The van der Waals surface area contributed by atoms with Gasteiger partial charge >= 0.3 is 21.1 Å². The maximum Gasteiger partial charge on any atom is 2.00 e. The number of hydrogen-bond donors (Lipinski definition) is 0. The molecule has 1 aromatic rings. The van der Waals surface area contributed by atoms with E-state index < -0.39 is 29.0 Å². The zero-order valence-corrected chi connectivity index (χ0v) is 10.9. The molecule has 0 fully saturated rings. The van der Waals surface area contributed by atoms with Gasteiger partial charge in [-0.3, -0.25) is 8.78 Å². The number of nitrogens with zero attached hydrogens (tertiary/aromatic N) is 3. The molecule has 0 unspecified atom stereocenters. The molecule has 0 aliphatic heterocycles. The molecule has 0 amide bonds. The summed E-state index contributed by atoms with van der Waals surface area (Å²) in [6, 6.07) is 1.14. The third-order valence-corrected chi connectivity index (χ3v) is 1.17. The monoisotopic (exact) mass is 403 g/mol. The van der Waals surface area contributed by atoms with Gasteiger partial charge in [0.05, 0.1) is 11.6 Å². The van der Waals surface area contributed by atoms with Crippen molar-refractivity contribution >= 4 is 5.69 Å². The minimum Gasteiger partial charge on any atom is -0.346 e. The average Bonchev–Trinajstić information content (AvgIpc) is 2.24. The summed E-state index contributed by atoms with van der Waals surface area (Å²) in [7, 11) is 0. The van der Waals surface area contributed by atoms with Crippen LogP contribution in [0.4, 0.5) is 23.2 Å². The van der Waals surface area contributed by atoms with Crippen LogP contribution in [0.2, 0.25) is 0 Å². The van der Waals surface area contributed by atoms with Crippen molar-refractivity contribution < 1.29 is 38.6 Å². The van der Waals surface area contributed by atoms with E-state index in [1.165, 1.54) is 0 Å². The van der Waals surface area contributed by atoms with E-state index in [-0.39, 0.29) is 21.1 Å². The summed E-state index contributed by atoms with van der Waals surface area (Å²) in [4.78, 5) is 2.01. The van der Waals surface area contributed by atoms with Crippen molar-refractivity contribution in [3.05, 3.63) is 46.7 Å². The summed E-state index contributed by atoms with van der Waals surface area (Å²) in [6.07, 6.45) is 0. The van der Waals surface area contributed by atoms with Crippen molar-refractivity contribution in [2.24, 2.45) is 5.11 Å². The van der Waals surface area contributed by atoms with Gasteiger partial charge in [0.15, 0.2) is 0 Å². The molecule has 0 aromatic heterocycles. The molecule has 86 valence electrons. The Kier molecular flexibility index (Phi) is 8.81. The number of halogens is 4. The molecule has 0 aliphatic carbocycles. The van der Waals surface area contributed by atoms with Gasteiger partial charge in [-0.05, 0) is 5.53 Å². The molecule has 0 saturated heterocycles. The molecule has 1 aromatic carbocycles. The van der Waals surface area contributed by atoms with E-state index in [4.69, 9.17) is 5.53 Å². The van der Waals surface area contributed by atoms with Gasteiger partial charge < -0.3 is 6.92 Å². The molecule has 0 radical (unpaired) electrons. The Balaban J connectivity index is 0. The van der Waals surface area contributed by atoms with Crippen LogP contribution in [0.15, 0.2) is 5.11 Å². The molecule has 3 nitrogen and oxygen atoms in total. The molecule has 0 heterocycles. The second-order valence-corrected chi connectivity index (χ2v) is 1.92. The smallest absolute Gasteiger partial charge is 0.346 e. The van der Waals surface area contributed by atoms with Gasteiger partial charge in [-0.25, -0.2) is 8.78 Å². The number of hydrogen-bond acceptors (Lipinski definition) is 1. The molecule has 0 bridgehead atoms. The Labute approximate surface area is 103 Å². The molecule has 0 atom stereocenters. The number of azide groups is 1. The van der Waals surface area contributed by atoms with E-state index in [0.717, 1.165) is 6.07 Å². The Bertz CT molecular complexity index is 379. The normalized spacial score (nSPS) is 8.12. The van der Waals surface area contributed by atoms with Gasteiger partial charge in [-0.2, -0.15) is 6.92 Å². The standard InChI is InChI=1S/C6F4N3.C2H5.W/c7-2-1-3(8)5(10)6(4(2)9)12-13-11;1-2;/h;1H2,2H3;/q2*-1;+2. The van der Waals surface area contributed by atoms with Crippen molar-refractivity contribution in [1.29, 1.82) is 0 Å². The first-order chi connectivity index (χ1) is 7.07. The minimum atomic E-state index is -1.77. The number of benzene rings is 1. The Hall–Kier alpha value is -1.06. The third-order valence-electron chi connectivity index (χ3n) is 1.17. The van der Waals surface area contributed by atoms with Crippen molar-refractivity contribution in [2.75, 3.05) is 0 Å². The van der Waals surface area contributed by atoms with Crippen LogP contribution in [0.1, 0.15) is 6.92 Å². The fraction of sp³-hybridized carbons (Fsp3) is 0.125. The average molecular weight is 403 g/mol. The first kappa shape index (κ1) is 17.3. The first-order valence-corrected chi connectivity index (χ1v) is 3.59. The molecule has 16 heavy (non-hydrogen) atoms. The van der Waals surface area contributed by atoms with Crippen LogP contribution < -0.4 is 0 Å². The van der Waals surface area contributed by atoms with Gasteiger partial charge in [0.2, 0.25) is 0 Å². The van der Waals surface area contributed by atoms with Crippen molar-refractivity contribution in [3.63, 3.8) is 0 Å². The summed E-state index contributed by atoms with van der Waals surface area (Å²) >= 11 is 0. The van der Waals surface area contributed by atoms with Gasteiger partial charge in [0.1, 0.15) is 0 Å². The van der Waals surface area contributed by atoms with Gasteiger partial charge in [-0.1, -0.05) is 5.11 Å². The van der Waals surface area contributed by atoms with Gasteiger partial charge in [0, 0.05) is 22.2 Å². The van der Waals surface area contributed by atoms with E-state index in [0.29, 0.717) is 0 Å². The van der Waals surface area contributed by atoms with Crippen LogP contribution in [0, 0.1) is 36.3 Å². The predicted octanol–water partition coefficient (Wildman–Crippen LogP) is 3.82. The van der Waals surface area contributed by atoms with E-state index in [2.05, 4.69) is 12.0 Å². The maximum absolute atomic E-state index is 12.6. The summed E-state index contributed by atoms with van der Waals surface area (Å²) in [6.45, 7) is 5.00. The Morgan fingerprint density at radius 1 is 1.12 bits per heavy atom. The van der Waals surface area contributed by atoms with Gasteiger partial charge in [0.25, 0.3) is 0 Å².